The number of hydrogen-bond acceptors (Lipinski definition) is 5. The molecule has 0 saturated carbocycles. The molecule has 1 aromatic heterocycles. The van der Waals surface area contributed by atoms with Crippen LogP contribution in [0.2, 0.25) is 5.02 Å². The van der Waals surface area contributed by atoms with E-state index in [0.29, 0.717) is 11.4 Å². The summed E-state index contributed by atoms with van der Waals surface area (Å²) >= 11 is 17.2. The molecule has 0 fully saturated rings. The summed E-state index contributed by atoms with van der Waals surface area (Å²) in [6, 6.07) is 6.49. The van der Waals surface area contributed by atoms with Gasteiger partial charge in [0.05, 0.1) is 11.6 Å². The fraction of sp³-hybridized carbons (Fsp3) is 0.188. The van der Waals surface area contributed by atoms with Crippen molar-refractivity contribution in [2.45, 2.75) is 18.7 Å². The Morgan fingerprint density at radius 1 is 1.19 bits per heavy atom. The zero-order chi connectivity index (χ0) is 20.2. The first-order valence-electron chi connectivity index (χ1n) is 7.52. The van der Waals surface area contributed by atoms with Crippen LogP contribution in [0.4, 0.5) is 10.7 Å². The van der Waals surface area contributed by atoms with Gasteiger partial charge >= 0.3 is 6.03 Å². The molecule has 0 atom stereocenters. The van der Waals surface area contributed by atoms with Gasteiger partial charge in [-0.25, -0.2) is 27.9 Å². The van der Waals surface area contributed by atoms with E-state index in [2.05, 4.69) is 9.97 Å². The van der Waals surface area contributed by atoms with Crippen LogP contribution in [0.15, 0.2) is 45.8 Å². The van der Waals surface area contributed by atoms with Crippen LogP contribution in [0, 0.1) is 13.8 Å². The number of hydrogen-bond donors (Lipinski definition) is 1. The van der Waals surface area contributed by atoms with E-state index in [1.807, 2.05) is 4.72 Å². The second kappa shape index (κ2) is 8.88. The van der Waals surface area contributed by atoms with Gasteiger partial charge in [-0.2, -0.15) is 0 Å². The lowest BCUT2D eigenvalue weighted by Gasteiger charge is -2.20. The van der Waals surface area contributed by atoms with Gasteiger partial charge in [0.2, 0.25) is 5.95 Å². The lowest BCUT2D eigenvalue weighted by molar-refractivity contribution is 0.251. The van der Waals surface area contributed by atoms with Crippen molar-refractivity contribution in [2.75, 3.05) is 11.4 Å². The zero-order valence-electron chi connectivity index (χ0n) is 14.3. The standard InChI is InChI=1S/C16H15Cl3N4O3S/c1-10-9-11(2)21-15(20-10)23(8-7-14(18)19)16(24)22-27(25,26)13-6-4-3-5-12(13)17/h3-7,9H,8H2,1-2H3,(H,22,24). The van der Waals surface area contributed by atoms with Crippen LogP contribution in [0.25, 0.3) is 0 Å². The molecule has 11 heteroatoms. The molecule has 0 radical (unpaired) electrons. The number of nitrogens with one attached hydrogen (secondary N) is 1. The SMILES string of the molecule is Cc1cc(C)nc(N(CC=C(Cl)Cl)C(=O)NS(=O)(=O)c2ccccc2Cl)n1. The van der Waals surface area contributed by atoms with Gasteiger partial charge in [0.15, 0.2) is 0 Å². The number of nitrogens with zero attached hydrogens (tertiary/aromatic N) is 3. The van der Waals surface area contributed by atoms with Gasteiger partial charge in [0, 0.05) is 11.4 Å². The number of anilines is 1. The van der Waals surface area contributed by atoms with Gasteiger partial charge in [-0.15, -0.1) is 0 Å². The smallest absolute Gasteiger partial charge is 0.258 e. The summed E-state index contributed by atoms with van der Waals surface area (Å²) in [7, 11) is -4.22. The number of benzene rings is 1. The maximum atomic E-state index is 12.7. The molecule has 0 aliphatic carbocycles. The third-order valence-electron chi connectivity index (χ3n) is 3.23. The summed E-state index contributed by atoms with van der Waals surface area (Å²) in [5.74, 6) is 0.00481. The molecular weight excluding hydrogens is 435 g/mol. The highest BCUT2D eigenvalue weighted by atomic mass is 35.5. The first-order chi connectivity index (χ1) is 12.6. The van der Waals surface area contributed by atoms with Gasteiger partial charge in [-0.1, -0.05) is 46.9 Å². The highest BCUT2D eigenvalue weighted by Gasteiger charge is 2.26. The Kier molecular flexibility index (Phi) is 7.05. The molecule has 1 heterocycles. The summed E-state index contributed by atoms with van der Waals surface area (Å²) in [5.41, 5.74) is 1.20. The third kappa shape index (κ3) is 5.80. The van der Waals surface area contributed by atoms with Crippen molar-refractivity contribution in [3.8, 4) is 0 Å². The van der Waals surface area contributed by atoms with E-state index in [0.717, 1.165) is 4.90 Å². The average molecular weight is 450 g/mol. The largest absolute Gasteiger partial charge is 0.338 e. The Bertz CT molecular complexity index is 972. The minimum atomic E-state index is -4.22. The Morgan fingerprint density at radius 3 is 2.33 bits per heavy atom. The molecule has 0 spiro atoms. The van der Waals surface area contributed by atoms with Crippen LogP contribution in [0.5, 0.6) is 0 Å². The van der Waals surface area contributed by atoms with E-state index >= 15 is 0 Å². The van der Waals surface area contributed by atoms with E-state index in [9.17, 15) is 13.2 Å². The van der Waals surface area contributed by atoms with Gasteiger partial charge in [-0.05, 0) is 38.1 Å². The Balaban J connectivity index is 2.39. The predicted molar refractivity (Wildman–Crippen MR) is 106 cm³/mol. The summed E-state index contributed by atoms with van der Waals surface area (Å²) in [5, 5.41) is -0.0179. The molecule has 1 aromatic carbocycles. The second-order valence-corrected chi connectivity index (χ2v) is 8.46. The Labute approximate surface area is 172 Å². The predicted octanol–water partition coefficient (Wildman–Crippen LogP) is 3.97. The quantitative estimate of drug-likeness (QED) is 0.745. The topological polar surface area (TPSA) is 92.3 Å². The van der Waals surface area contributed by atoms with Gasteiger partial charge in [0.25, 0.3) is 10.0 Å². The molecule has 0 bridgehead atoms. The van der Waals surface area contributed by atoms with Crippen LogP contribution in [0.1, 0.15) is 11.4 Å². The molecule has 0 aliphatic heterocycles. The Hall–Kier alpha value is -1.87. The van der Waals surface area contributed by atoms with Crippen molar-refractivity contribution in [1.29, 1.82) is 0 Å². The summed E-state index contributed by atoms with van der Waals surface area (Å²) in [6.45, 7) is 3.30. The molecular formula is C16H15Cl3N4O3S. The molecule has 1 N–H and O–H groups in total. The first-order valence-corrected chi connectivity index (χ1v) is 10.1. The molecule has 0 unspecified atom stereocenters. The number of urea groups is 1. The first kappa shape index (κ1) is 21.4. The summed E-state index contributed by atoms with van der Waals surface area (Å²) in [4.78, 5) is 21.8. The number of aryl methyl sites for hydroxylation is 2. The molecule has 27 heavy (non-hydrogen) atoms. The fourth-order valence-corrected chi connectivity index (χ4v) is 3.74. The van der Waals surface area contributed by atoms with Crippen LogP contribution in [-0.4, -0.2) is 31.0 Å². The monoisotopic (exact) mass is 448 g/mol. The summed E-state index contributed by atoms with van der Waals surface area (Å²) < 4.78 is 26.9. The number of aromatic nitrogens is 2. The molecule has 2 rings (SSSR count). The average Bonchev–Trinajstić information content (AvgIpc) is 2.53. The Morgan fingerprint density at radius 2 is 1.78 bits per heavy atom. The number of carbonyl (C=O) groups excluding carboxylic acids is 1. The van der Waals surface area contributed by atoms with Crippen LogP contribution >= 0.6 is 34.8 Å². The maximum Gasteiger partial charge on any atom is 0.338 e. The van der Waals surface area contributed by atoms with E-state index in [4.69, 9.17) is 34.8 Å². The number of carbonyl (C=O) groups is 1. The van der Waals surface area contributed by atoms with E-state index < -0.39 is 16.1 Å². The molecule has 0 aliphatic rings. The van der Waals surface area contributed by atoms with Crippen molar-refractivity contribution in [3.63, 3.8) is 0 Å². The van der Waals surface area contributed by atoms with Crippen LogP contribution in [0.3, 0.4) is 0 Å². The lowest BCUT2D eigenvalue weighted by atomic mass is 10.3. The highest BCUT2D eigenvalue weighted by Crippen LogP contribution is 2.21. The minimum absolute atomic E-state index is 0.00481. The number of rotatable bonds is 5. The van der Waals surface area contributed by atoms with E-state index in [1.165, 1.54) is 24.3 Å². The van der Waals surface area contributed by atoms with Crippen molar-refractivity contribution < 1.29 is 13.2 Å². The molecule has 2 aromatic rings. The van der Waals surface area contributed by atoms with Crippen molar-refractivity contribution in [3.05, 3.63) is 57.3 Å². The van der Waals surface area contributed by atoms with Gasteiger partial charge < -0.3 is 0 Å². The highest BCUT2D eigenvalue weighted by molar-refractivity contribution is 7.90. The third-order valence-corrected chi connectivity index (χ3v) is 5.36. The number of sulfonamides is 1. The van der Waals surface area contributed by atoms with Gasteiger partial charge in [-0.3, -0.25) is 4.90 Å². The van der Waals surface area contributed by atoms with E-state index in [1.54, 1.807) is 26.0 Å². The van der Waals surface area contributed by atoms with E-state index in [-0.39, 0.29) is 26.9 Å². The van der Waals surface area contributed by atoms with Gasteiger partial charge in [0.1, 0.15) is 9.39 Å². The van der Waals surface area contributed by atoms with Crippen LogP contribution in [-0.2, 0) is 10.0 Å². The normalized spacial score (nSPS) is 11.0. The fourth-order valence-electron chi connectivity index (χ4n) is 2.13. The maximum absolute atomic E-state index is 12.7. The molecule has 144 valence electrons. The number of halogens is 3. The second-order valence-electron chi connectivity index (χ2n) is 5.40. The lowest BCUT2D eigenvalue weighted by Crippen LogP contribution is -2.44. The molecule has 2 amide bonds. The molecule has 0 saturated heterocycles. The zero-order valence-corrected chi connectivity index (χ0v) is 17.4. The summed E-state index contributed by atoms with van der Waals surface area (Å²) in [6.07, 6.45) is 1.31. The van der Waals surface area contributed by atoms with Crippen molar-refractivity contribution in [2.24, 2.45) is 0 Å². The van der Waals surface area contributed by atoms with Crippen LogP contribution < -0.4 is 9.62 Å². The van der Waals surface area contributed by atoms with Crippen molar-refractivity contribution in [1.82, 2.24) is 14.7 Å². The number of amides is 2. The minimum Gasteiger partial charge on any atom is -0.258 e. The van der Waals surface area contributed by atoms with Crippen molar-refractivity contribution >= 4 is 56.8 Å². The molecule has 7 nitrogen and oxygen atoms in total.